The first-order valence-corrected chi connectivity index (χ1v) is 9.28. The van der Waals surface area contributed by atoms with Crippen LogP contribution in [0.15, 0.2) is 59.4 Å². The fourth-order valence-electron chi connectivity index (χ4n) is 3.26. The van der Waals surface area contributed by atoms with Crippen molar-refractivity contribution in [2.75, 3.05) is 13.2 Å². The van der Waals surface area contributed by atoms with Crippen LogP contribution in [0.3, 0.4) is 0 Å². The van der Waals surface area contributed by atoms with Gasteiger partial charge in [0.1, 0.15) is 25.5 Å². The molecule has 1 aliphatic rings. The van der Waals surface area contributed by atoms with Crippen LogP contribution in [0, 0.1) is 0 Å². The molecule has 4 aromatic rings. The van der Waals surface area contributed by atoms with Gasteiger partial charge in [-0.25, -0.2) is 4.98 Å². The highest BCUT2D eigenvalue weighted by Crippen LogP contribution is 2.34. The van der Waals surface area contributed by atoms with E-state index in [2.05, 4.69) is 15.5 Å². The van der Waals surface area contributed by atoms with Crippen LogP contribution < -0.4 is 14.8 Å². The lowest BCUT2D eigenvalue weighted by Gasteiger charge is -2.18. The Kier molecular flexibility index (Phi) is 4.36. The van der Waals surface area contributed by atoms with Gasteiger partial charge in [-0.05, 0) is 30.3 Å². The molecule has 8 heteroatoms. The molecule has 2 aromatic heterocycles. The topological polar surface area (TPSA) is 91.4 Å². The molecule has 146 valence electrons. The van der Waals surface area contributed by atoms with E-state index in [1.54, 1.807) is 12.4 Å². The Morgan fingerprint density at radius 2 is 1.93 bits per heavy atom. The summed E-state index contributed by atoms with van der Waals surface area (Å²) < 4.78 is 18.4. The number of ether oxygens (including phenoxy) is 2. The Bertz CT molecular complexity index is 1180. The van der Waals surface area contributed by atoms with Gasteiger partial charge in [0, 0.05) is 11.6 Å². The lowest BCUT2D eigenvalue weighted by molar-refractivity contribution is -0.121. The Morgan fingerprint density at radius 3 is 2.86 bits per heavy atom. The molecule has 1 aliphatic heterocycles. The molecule has 0 aliphatic carbocycles. The van der Waals surface area contributed by atoms with Gasteiger partial charge in [0.25, 0.3) is 0 Å². The lowest BCUT2D eigenvalue weighted by atomic mass is 10.1. The van der Waals surface area contributed by atoms with Crippen molar-refractivity contribution in [1.29, 1.82) is 0 Å². The van der Waals surface area contributed by atoms with E-state index < -0.39 is 0 Å². The minimum absolute atomic E-state index is 0.128. The standard InChI is InChI=1S/C21H18N4O4/c26-21(12-25-13-23-16-3-1-2-4-17(16)25)22-11-15-10-19(29-24-15)14-5-6-18-20(9-14)28-8-7-27-18/h1-6,9-10,13H,7-8,11-12H2,(H,22,26). The van der Waals surface area contributed by atoms with E-state index in [0.29, 0.717) is 30.4 Å². The molecule has 0 saturated carbocycles. The van der Waals surface area contributed by atoms with Gasteiger partial charge >= 0.3 is 0 Å². The summed E-state index contributed by atoms with van der Waals surface area (Å²) in [5.41, 5.74) is 3.26. The molecule has 0 unspecified atom stereocenters. The maximum absolute atomic E-state index is 12.3. The van der Waals surface area contributed by atoms with E-state index in [1.807, 2.05) is 47.0 Å². The Hall–Kier alpha value is -3.81. The van der Waals surface area contributed by atoms with E-state index >= 15 is 0 Å². The van der Waals surface area contributed by atoms with E-state index in [9.17, 15) is 4.79 Å². The number of carbonyl (C=O) groups excluding carboxylic acids is 1. The van der Waals surface area contributed by atoms with Crippen molar-refractivity contribution in [3.05, 3.63) is 60.6 Å². The van der Waals surface area contributed by atoms with Gasteiger partial charge in [0.15, 0.2) is 17.3 Å². The minimum atomic E-state index is -0.128. The molecule has 5 rings (SSSR count). The second-order valence-electron chi connectivity index (χ2n) is 6.68. The molecule has 1 N–H and O–H groups in total. The Morgan fingerprint density at radius 1 is 1.07 bits per heavy atom. The van der Waals surface area contributed by atoms with Crippen molar-refractivity contribution >= 4 is 16.9 Å². The highest BCUT2D eigenvalue weighted by Gasteiger charge is 2.15. The summed E-state index contributed by atoms with van der Waals surface area (Å²) in [6.07, 6.45) is 1.67. The number of fused-ring (bicyclic) bond motifs is 2. The molecule has 8 nitrogen and oxygen atoms in total. The fourth-order valence-corrected chi connectivity index (χ4v) is 3.26. The highest BCUT2D eigenvalue weighted by molar-refractivity contribution is 5.80. The van der Waals surface area contributed by atoms with Gasteiger partial charge in [-0.1, -0.05) is 17.3 Å². The predicted molar refractivity (Wildman–Crippen MR) is 105 cm³/mol. The smallest absolute Gasteiger partial charge is 0.240 e. The zero-order valence-corrected chi connectivity index (χ0v) is 15.5. The number of imidazole rings is 1. The maximum atomic E-state index is 12.3. The second-order valence-corrected chi connectivity index (χ2v) is 6.68. The average molecular weight is 390 g/mol. The second kappa shape index (κ2) is 7.31. The van der Waals surface area contributed by atoms with Crippen LogP contribution >= 0.6 is 0 Å². The number of hydrogen-bond acceptors (Lipinski definition) is 6. The molecule has 1 amide bonds. The number of hydrogen-bond donors (Lipinski definition) is 1. The van der Waals surface area contributed by atoms with Crippen LogP contribution in [0.1, 0.15) is 5.69 Å². The molecule has 3 heterocycles. The van der Waals surface area contributed by atoms with E-state index in [4.69, 9.17) is 14.0 Å². The highest BCUT2D eigenvalue weighted by atomic mass is 16.6. The number of nitrogens with zero attached hydrogens (tertiary/aromatic N) is 3. The molecule has 0 fully saturated rings. The van der Waals surface area contributed by atoms with E-state index in [1.165, 1.54) is 0 Å². The monoisotopic (exact) mass is 390 g/mol. The number of amides is 1. The largest absolute Gasteiger partial charge is 0.486 e. The van der Waals surface area contributed by atoms with Crippen molar-refractivity contribution in [3.63, 3.8) is 0 Å². The predicted octanol–water partition coefficient (Wildman–Crippen LogP) is 2.78. The summed E-state index contributed by atoms with van der Waals surface area (Å²) in [5.74, 6) is 1.88. The molecule has 0 bridgehead atoms. The molecule has 0 spiro atoms. The molecule has 29 heavy (non-hydrogen) atoms. The summed E-state index contributed by atoms with van der Waals surface area (Å²) in [6, 6.07) is 15.1. The normalized spacial score (nSPS) is 12.8. The zero-order valence-electron chi connectivity index (χ0n) is 15.5. The van der Waals surface area contributed by atoms with Crippen molar-refractivity contribution in [2.24, 2.45) is 0 Å². The van der Waals surface area contributed by atoms with Crippen LogP contribution in [-0.2, 0) is 17.9 Å². The van der Waals surface area contributed by atoms with Crippen LogP contribution in [0.4, 0.5) is 0 Å². The number of carbonyl (C=O) groups is 1. The van der Waals surface area contributed by atoms with Gasteiger partial charge in [0.2, 0.25) is 5.91 Å². The summed E-state index contributed by atoms with van der Waals surface area (Å²) in [7, 11) is 0. The van der Waals surface area contributed by atoms with Crippen LogP contribution in [-0.4, -0.2) is 33.8 Å². The van der Waals surface area contributed by atoms with Gasteiger partial charge in [0.05, 0.1) is 23.9 Å². The average Bonchev–Trinajstić information content (AvgIpc) is 3.40. The van der Waals surface area contributed by atoms with Gasteiger partial charge in [-0.3, -0.25) is 4.79 Å². The van der Waals surface area contributed by atoms with E-state index in [0.717, 1.165) is 22.3 Å². The van der Waals surface area contributed by atoms with Crippen molar-refractivity contribution in [3.8, 4) is 22.8 Å². The van der Waals surface area contributed by atoms with E-state index in [-0.39, 0.29) is 19.0 Å². The third-order valence-electron chi connectivity index (χ3n) is 4.69. The summed E-state index contributed by atoms with van der Waals surface area (Å²) in [6.45, 7) is 1.54. The maximum Gasteiger partial charge on any atom is 0.240 e. The minimum Gasteiger partial charge on any atom is -0.486 e. The summed E-state index contributed by atoms with van der Waals surface area (Å²) in [5, 5.41) is 6.90. The zero-order chi connectivity index (χ0) is 19.6. The first-order chi connectivity index (χ1) is 14.3. The number of rotatable bonds is 5. The van der Waals surface area contributed by atoms with Gasteiger partial charge in [-0.15, -0.1) is 0 Å². The molecular weight excluding hydrogens is 372 g/mol. The SMILES string of the molecule is O=C(Cn1cnc2ccccc21)NCc1cc(-c2ccc3c(c2)OCCO3)on1. The number of para-hydroxylation sites is 2. The first-order valence-electron chi connectivity index (χ1n) is 9.28. The Labute approximate surface area is 166 Å². The van der Waals surface area contributed by atoms with Crippen LogP contribution in [0.25, 0.3) is 22.4 Å². The Balaban J connectivity index is 1.23. The summed E-state index contributed by atoms with van der Waals surface area (Å²) in [4.78, 5) is 16.6. The lowest BCUT2D eigenvalue weighted by Crippen LogP contribution is -2.26. The molecule has 0 atom stereocenters. The van der Waals surface area contributed by atoms with Gasteiger partial charge in [-0.2, -0.15) is 0 Å². The third kappa shape index (κ3) is 3.52. The molecular formula is C21H18N4O4. The van der Waals surface area contributed by atoms with Crippen molar-refractivity contribution in [2.45, 2.75) is 13.1 Å². The fraction of sp³-hybridized carbons (Fsp3) is 0.190. The number of nitrogens with one attached hydrogen (secondary N) is 1. The molecule has 0 radical (unpaired) electrons. The van der Waals surface area contributed by atoms with Crippen LogP contribution in [0.5, 0.6) is 11.5 Å². The molecule has 0 saturated heterocycles. The quantitative estimate of drug-likeness (QED) is 0.563. The first kappa shape index (κ1) is 17.3. The van der Waals surface area contributed by atoms with Crippen LogP contribution in [0.2, 0.25) is 0 Å². The molecule has 2 aromatic carbocycles. The third-order valence-corrected chi connectivity index (χ3v) is 4.69. The number of benzene rings is 2. The van der Waals surface area contributed by atoms with Crippen molar-refractivity contribution in [1.82, 2.24) is 20.0 Å². The number of aromatic nitrogens is 3. The summed E-state index contributed by atoms with van der Waals surface area (Å²) >= 11 is 0. The van der Waals surface area contributed by atoms with Crippen molar-refractivity contribution < 1.29 is 18.8 Å². The van der Waals surface area contributed by atoms with Gasteiger partial charge < -0.3 is 23.9 Å².